The van der Waals surface area contributed by atoms with Crippen molar-refractivity contribution in [3.63, 3.8) is 0 Å². The first-order chi connectivity index (χ1) is 8.58. The van der Waals surface area contributed by atoms with Gasteiger partial charge < -0.3 is 14.2 Å². The first-order valence-electron chi connectivity index (χ1n) is 5.55. The van der Waals surface area contributed by atoms with E-state index in [1.807, 2.05) is 0 Å². The summed E-state index contributed by atoms with van der Waals surface area (Å²) in [7, 11) is 1.47. The number of rotatable bonds is 6. The molecule has 0 heterocycles. The molecule has 1 rings (SSSR count). The zero-order chi connectivity index (χ0) is 13.5. The van der Waals surface area contributed by atoms with Crippen molar-refractivity contribution >= 4 is 11.8 Å². The van der Waals surface area contributed by atoms with Crippen LogP contribution in [0, 0.1) is 0 Å². The van der Waals surface area contributed by atoms with Crippen LogP contribution in [0.15, 0.2) is 18.2 Å². The topological polar surface area (TPSA) is 61.8 Å². The molecule has 0 aliphatic rings. The van der Waals surface area contributed by atoms with Crippen molar-refractivity contribution in [3.05, 3.63) is 23.8 Å². The average Bonchev–Trinajstić information content (AvgIpc) is 2.36. The van der Waals surface area contributed by atoms with Crippen LogP contribution in [-0.4, -0.2) is 32.1 Å². The van der Waals surface area contributed by atoms with Crippen molar-refractivity contribution < 1.29 is 23.8 Å². The second-order valence-corrected chi connectivity index (χ2v) is 3.52. The number of methoxy groups -OCH3 is 1. The number of ketones is 1. The summed E-state index contributed by atoms with van der Waals surface area (Å²) in [6.45, 7) is 3.31. The number of carbonyl (C=O) groups is 2. The van der Waals surface area contributed by atoms with E-state index >= 15 is 0 Å². The van der Waals surface area contributed by atoms with Gasteiger partial charge in [0.25, 0.3) is 0 Å². The van der Waals surface area contributed by atoms with Gasteiger partial charge in [0.2, 0.25) is 0 Å². The molecule has 0 aliphatic carbocycles. The minimum atomic E-state index is -0.449. The fourth-order valence-electron chi connectivity index (χ4n) is 1.35. The smallest absolute Gasteiger partial charge is 0.344 e. The van der Waals surface area contributed by atoms with Gasteiger partial charge in [-0.25, -0.2) is 4.79 Å². The third-order valence-electron chi connectivity index (χ3n) is 2.22. The molecule has 18 heavy (non-hydrogen) atoms. The van der Waals surface area contributed by atoms with Gasteiger partial charge in [0, 0.05) is 5.56 Å². The molecular formula is C13H16O5. The molecule has 0 saturated heterocycles. The quantitative estimate of drug-likeness (QED) is 0.571. The monoisotopic (exact) mass is 252 g/mol. The van der Waals surface area contributed by atoms with Crippen molar-refractivity contribution in [1.82, 2.24) is 0 Å². The van der Waals surface area contributed by atoms with E-state index in [4.69, 9.17) is 14.2 Å². The van der Waals surface area contributed by atoms with E-state index < -0.39 is 5.97 Å². The van der Waals surface area contributed by atoms with Crippen molar-refractivity contribution in [2.75, 3.05) is 20.3 Å². The van der Waals surface area contributed by atoms with Crippen LogP contribution in [0.3, 0.4) is 0 Å². The fraction of sp³-hybridized carbons (Fsp3) is 0.385. The van der Waals surface area contributed by atoms with Crippen LogP contribution in [0.5, 0.6) is 11.5 Å². The summed E-state index contributed by atoms with van der Waals surface area (Å²) in [5.41, 5.74) is 0.523. The maximum absolute atomic E-state index is 11.2. The van der Waals surface area contributed by atoms with Crippen LogP contribution >= 0.6 is 0 Å². The van der Waals surface area contributed by atoms with Gasteiger partial charge in [0.15, 0.2) is 23.9 Å². The van der Waals surface area contributed by atoms with Gasteiger partial charge in [-0.05, 0) is 32.0 Å². The highest BCUT2D eigenvalue weighted by Gasteiger charge is 2.10. The molecule has 5 nitrogen and oxygen atoms in total. The predicted molar refractivity (Wildman–Crippen MR) is 65.1 cm³/mol. The largest absolute Gasteiger partial charge is 0.493 e. The Bertz CT molecular complexity index is 439. The number of carbonyl (C=O) groups excluding carboxylic acids is 2. The molecule has 0 fully saturated rings. The van der Waals surface area contributed by atoms with Crippen molar-refractivity contribution in [1.29, 1.82) is 0 Å². The van der Waals surface area contributed by atoms with E-state index in [0.29, 0.717) is 23.7 Å². The third kappa shape index (κ3) is 3.76. The Morgan fingerprint density at radius 1 is 1.22 bits per heavy atom. The number of benzene rings is 1. The summed E-state index contributed by atoms with van der Waals surface area (Å²) < 4.78 is 15.1. The van der Waals surface area contributed by atoms with E-state index in [1.54, 1.807) is 25.1 Å². The molecule has 0 atom stereocenters. The maximum Gasteiger partial charge on any atom is 0.344 e. The van der Waals surface area contributed by atoms with Gasteiger partial charge in [-0.2, -0.15) is 0 Å². The highest BCUT2D eigenvalue weighted by Crippen LogP contribution is 2.28. The molecule has 0 bridgehead atoms. The summed E-state index contributed by atoms with van der Waals surface area (Å²) in [4.78, 5) is 22.4. The molecule has 0 amide bonds. The summed E-state index contributed by atoms with van der Waals surface area (Å²) in [5, 5.41) is 0. The Balaban J connectivity index is 2.76. The van der Waals surface area contributed by atoms with Crippen molar-refractivity contribution in [2.45, 2.75) is 13.8 Å². The zero-order valence-corrected chi connectivity index (χ0v) is 10.7. The Kier molecular flexibility index (Phi) is 5.17. The molecule has 0 unspecified atom stereocenters. The summed E-state index contributed by atoms with van der Waals surface area (Å²) >= 11 is 0. The first-order valence-corrected chi connectivity index (χ1v) is 5.55. The number of hydrogen-bond donors (Lipinski definition) is 0. The number of Topliss-reactive ketones (excluding diaryl/α,β-unsaturated/α-hetero) is 1. The number of ether oxygens (including phenoxy) is 3. The molecule has 0 aromatic heterocycles. The number of esters is 1. The molecule has 0 N–H and O–H groups in total. The first kappa shape index (κ1) is 14.0. The van der Waals surface area contributed by atoms with Gasteiger partial charge in [0.1, 0.15) is 0 Å². The van der Waals surface area contributed by atoms with Crippen LogP contribution in [0.4, 0.5) is 0 Å². The maximum atomic E-state index is 11.2. The van der Waals surface area contributed by atoms with Crippen LogP contribution < -0.4 is 9.47 Å². The lowest BCUT2D eigenvalue weighted by Gasteiger charge is -2.10. The Morgan fingerprint density at radius 3 is 2.50 bits per heavy atom. The molecule has 98 valence electrons. The molecule has 0 spiro atoms. The zero-order valence-electron chi connectivity index (χ0n) is 10.7. The van der Waals surface area contributed by atoms with E-state index in [1.165, 1.54) is 14.0 Å². The molecule has 1 aromatic carbocycles. The van der Waals surface area contributed by atoms with Gasteiger partial charge >= 0.3 is 5.97 Å². The summed E-state index contributed by atoms with van der Waals surface area (Å²) in [6, 6.07) is 4.78. The molecule has 0 aliphatic heterocycles. The highest BCUT2D eigenvalue weighted by atomic mass is 16.6. The van der Waals surface area contributed by atoms with Crippen molar-refractivity contribution in [2.24, 2.45) is 0 Å². The van der Waals surface area contributed by atoms with E-state index in [9.17, 15) is 9.59 Å². The molecular weight excluding hydrogens is 236 g/mol. The number of hydrogen-bond acceptors (Lipinski definition) is 5. The van der Waals surface area contributed by atoms with Crippen LogP contribution in [0.2, 0.25) is 0 Å². The average molecular weight is 252 g/mol. The third-order valence-corrected chi connectivity index (χ3v) is 2.22. The van der Waals surface area contributed by atoms with Crippen molar-refractivity contribution in [3.8, 4) is 11.5 Å². The normalized spacial score (nSPS) is 9.72. The molecule has 0 radical (unpaired) electrons. The highest BCUT2D eigenvalue weighted by molar-refractivity contribution is 5.94. The Labute approximate surface area is 106 Å². The Hall–Kier alpha value is -2.04. The molecule has 5 heteroatoms. The summed E-state index contributed by atoms with van der Waals surface area (Å²) in [5.74, 6) is 0.294. The standard InChI is InChI=1S/C13H16O5/c1-4-17-13(15)8-18-11-6-5-10(9(2)14)7-12(11)16-3/h5-7H,4,8H2,1-3H3. The lowest BCUT2D eigenvalue weighted by Crippen LogP contribution is -2.15. The minimum Gasteiger partial charge on any atom is -0.493 e. The van der Waals surface area contributed by atoms with E-state index in [2.05, 4.69) is 0 Å². The Morgan fingerprint density at radius 2 is 1.94 bits per heavy atom. The van der Waals surface area contributed by atoms with Gasteiger partial charge in [0.05, 0.1) is 13.7 Å². The molecule has 1 aromatic rings. The fourth-order valence-corrected chi connectivity index (χ4v) is 1.35. The molecule has 0 saturated carbocycles. The van der Waals surface area contributed by atoms with Crippen LogP contribution in [0.25, 0.3) is 0 Å². The van der Waals surface area contributed by atoms with Gasteiger partial charge in [-0.15, -0.1) is 0 Å². The predicted octanol–water partition coefficient (Wildman–Crippen LogP) is 1.84. The van der Waals surface area contributed by atoms with Gasteiger partial charge in [-0.3, -0.25) is 4.79 Å². The van der Waals surface area contributed by atoms with Crippen LogP contribution in [-0.2, 0) is 9.53 Å². The van der Waals surface area contributed by atoms with Crippen LogP contribution in [0.1, 0.15) is 24.2 Å². The lowest BCUT2D eigenvalue weighted by molar-refractivity contribution is -0.145. The summed E-state index contributed by atoms with van der Waals surface area (Å²) in [6.07, 6.45) is 0. The second-order valence-electron chi connectivity index (χ2n) is 3.52. The SMILES string of the molecule is CCOC(=O)COc1ccc(C(C)=O)cc1OC. The van der Waals surface area contributed by atoms with E-state index in [0.717, 1.165) is 0 Å². The van der Waals surface area contributed by atoms with Gasteiger partial charge in [-0.1, -0.05) is 0 Å². The van der Waals surface area contributed by atoms with E-state index in [-0.39, 0.29) is 12.4 Å². The second kappa shape index (κ2) is 6.64. The lowest BCUT2D eigenvalue weighted by atomic mass is 10.1. The minimum absolute atomic E-state index is 0.0646.